The van der Waals surface area contributed by atoms with Crippen molar-refractivity contribution in [2.45, 2.75) is 38.1 Å². The number of rotatable bonds is 6. The number of ether oxygens (including phenoxy) is 1. The molecule has 2 aliphatic rings. The van der Waals surface area contributed by atoms with E-state index < -0.39 is 12.0 Å². The van der Waals surface area contributed by atoms with Crippen molar-refractivity contribution in [3.63, 3.8) is 0 Å². The highest BCUT2D eigenvalue weighted by molar-refractivity contribution is 5.86. The van der Waals surface area contributed by atoms with E-state index >= 15 is 0 Å². The number of hydrogen-bond acceptors (Lipinski definition) is 4. The number of nitrogens with zero attached hydrogens (tertiary/aromatic N) is 2. The van der Waals surface area contributed by atoms with Crippen molar-refractivity contribution in [3.05, 3.63) is 30.3 Å². The predicted octanol–water partition coefficient (Wildman–Crippen LogP) is 1.77. The predicted molar refractivity (Wildman–Crippen MR) is 98.2 cm³/mol. The van der Waals surface area contributed by atoms with Crippen LogP contribution in [-0.2, 0) is 14.4 Å². The van der Waals surface area contributed by atoms with Crippen LogP contribution in [0.4, 0.5) is 0 Å². The van der Waals surface area contributed by atoms with E-state index in [2.05, 4.69) is 0 Å². The van der Waals surface area contributed by atoms with Crippen LogP contribution >= 0.6 is 0 Å². The molecule has 0 aliphatic carbocycles. The average molecular weight is 374 g/mol. The van der Waals surface area contributed by atoms with Gasteiger partial charge in [0.05, 0.1) is 13.0 Å². The smallest absolute Gasteiger partial charge is 0.326 e. The van der Waals surface area contributed by atoms with E-state index in [1.54, 1.807) is 4.90 Å². The van der Waals surface area contributed by atoms with Gasteiger partial charge in [0, 0.05) is 25.6 Å². The average Bonchev–Trinajstić information content (AvgIpc) is 3.18. The fourth-order valence-corrected chi connectivity index (χ4v) is 3.83. The summed E-state index contributed by atoms with van der Waals surface area (Å²) in [6.07, 6.45) is 2.75. The highest BCUT2D eigenvalue weighted by Crippen LogP contribution is 2.25. The molecule has 2 aliphatic heterocycles. The van der Waals surface area contributed by atoms with E-state index in [1.807, 2.05) is 30.3 Å². The SMILES string of the molecule is O=C(O)[C@@H]1CCCN1C(=O)C1CCN(C(=O)CCOc2ccccc2)CC1. The Hall–Kier alpha value is -2.57. The number of carboxylic acids is 1. The first-order valence-corrected chi connectivity index (χ1v) is 9.55. The molecule has 2 amide bonds. The number of aliphatic carboxylic acids is 1. The number of carbonyl (C=O) groups excluding carboxylic acids is 2. The van der Waals surface area contributed by atoms with Crippen LogP contribution < -0.4 is 4.74 Å². The van der Waals surface area contributed by atoms with Gasteiger partial charge in [-0.25, -0.2) is 4.79 Å². The Kier molecular flexibility index (Phi) is 6.32. The molecule has 3 rings (SSSR count). The summed E-state index contributed by atoms with van der Waals surface area (Å²) in [6, 6.07) is 8.69. The van der Waals surface area contributed by atoms with Crippen LogP contribution in [0.15, 0.2) is 30.3 Å². The third-order valence-corrected chi connectivity index (χ3v) is 5.35. The molecule has 2 fully saturated rings. The van der Waals surface area contributed by atoms with E-state index in [-0.39, 0.29) is 17.7 Å². The minimum atomic E-state index is -0.924. The second kappa shape index (κ2) is 8.88. The number of benzene rings is 1. The quantitative estimate of drug-likeness (QED) is 0.820. The van der Waals surface area contributed by atoms with E-state index in [9.17, 15) is 19.5 Å². The summed E-state index contributed by atoms with van der Waals surface area (Å²) in [4.78, 5) is 39.6. The zero-order chi connectivity index (χ0) is 19.2. The Balaban J connectivity index is 1.42. The lowest BCUT2D eigenvalue weighted by Gasteiger charge is -2.34. The molecule has 1 N–H and O–H groups in total. The number of likely N-dealkylation sites (tertiary alicyclic amines) is 2. The molecule has 0 bridgehead atoms. The molecule has 0 radical (unpaired) electrons. The third kappa shape index (κ3) is 4.78. The van der Waals surface area contributed by atoms with Gasteiger partial charge in [0.25, 0.3) is 0 Å². The van der Waals surface area contributed by atoms with Gasteiger partial charge in [-0.2, -0.15) is 0 Å². The van der Waals surface area contributed by atoms with Crippen molar-refractivity contribution >= 4 is 17.8 Å². The minimum absolute atomic E-state index is 0.0291. The molecule has 146 valence electrons. The Morgan fingerprint density at radius 2 is 1.74 bits per heavy atom. The molecule has 0 saturated carbocycles. The van der Waals surface area contributed by atoms with Crippen LogP contribution in [0, 0.1) is 5.92 Å². The fourth-order valence-electron chi connectivity index (χ4n) is 3.83. The van der Waals surface area contributed by atoms with Gasteiger partial charge < -0.3 is 19.6 Å². The molecule has 1 aromatic rings. The largest absolute Gasteiger partial charge is 0.493 e. The summed E-state index contributed by atoms with van der Waals surface area (Å²) < 4.78 is 5.56. The van der Waals surface area contributed by atoms with Gasteiger partial charge in [-0.05, 0) is 37.8 Å². The highest BCUT2D eigenvalue weighted by atomic mass is 16.5. The first-order chi connectivity index (χ1) is 13.1. The summed E-state index contributed by atoms with van der Waals surface area (Å²) in [5, 5.41) is 9.25. The molecule has 2 saturated heterocycles. The van der Waals surface area contributed by atoms with Crippen molar-refractivity contribution in [3.8, 4) is 5.75 Å². The second-order valence-corrected chi connectivity index (χ2v) is 7.09. The number of hydrogen-bond donors (Lipinski definition) is 1. The maximum absolute atomic E-state index is 12.7. The molecule has 0 unspecified atom stereocenters. The van der Waals surface area contributed by atoms with Crippen molar-refractivity contribution in [1.29, 1.82) is 0 Å². The van der Waals surface area contributed by atoms with E-state index in [4.69, 9.17) is 4.74 Å². The van der Waals surface area contributed by atoms with Gasteiger partial charge in [0.2, 0.25) is 11.8 Å². The van der Waals surface area contributed by atoms with Crippen molar-refractivity contribution in [2.75, 3.05) is 26.2 Å². The standard InChI is InChI=1S/C20H26N2O5/c23-18(10-14-27-16-5-2-1-3-6-16)21-12-8-15(9-13-21)19(24)22-11-4-7-17(22)20(25)26/h1-3,5-6,15,17H,4,7-14H2,(H,25,26)/t17-/m0/s1. The molecule has 0 spiro atoms. The summed E-state index contributed by atoms with van der Waals surface area (Å²) in [5.41, 5.74) is 0. The van der Waals surface area contributed by atoms with Crippen molar-refractivity contribution in [2.24, 2.45) is 5.92 Å². The maximum atomic E-state index is 12.7. The molecule has 1 atom stereocenters. The van der Waals surface area contributed by atoms with Crippen molar-refractivity contribution in [1.82, 2.24) is 9.80 Å². The van der Waals surface area contributed by atoms with E-state index in [0.29, 0.717) is 51.9 Å². The van der Waals surface area contributed by atoms with Crippen LogP contribution in [0.1, 0.15) is 32.1 Å². The molecule has 1 aromatic carbocycles. The molecule has 27 heavy (non-hydrogen) atoms. The number of piperidine rings is 1. The Morgan fingerprint density at radius 1 is 1.04 bits per heavy atom. The molecular formula is C20H26N2O5. The minimum Gasteiger partial charge on any atom is -0.493 e. The van der Waals surface area contributed by atoms with Gasteiger partial charge in [-0.15, -0.1) is 0 Å². The molecule has 7 heteroatoms. The van der Waals surface area contributed by atoms with Crippen LogP contribution in [0.25, 0.3) is 0 Å². The summed E-state index contributed by atoms with van der Waals surface area (Å²) >= 11 is 0. The summed E-state index contributed by atoms with van der Waals surface area (Å²) in [6.45, 7) is 1.92. The lowest BCUT2D eigenvalue weighted by Crippen LogP contribution is -2.47. The molecule has 0 aromatic heterocycles. The Morgan fingerprint density at radius 3 is 2.41 bits per heavy atom. The van der Waals surface area contributed by atoms with Gasteiger partial charge in [-0.3, -0.25) is 9.59 Å². The fraction of sp³-hybridized carbons (Fsp3) is 0.550. The van der Waals surface area contributed by atoms with Crippen LogP contribution in [-0.4, -0.2) is 65.0 Å². The van der Waals surface area contributed by atoms with Crippen LogP contribution in [0.5, 0.6) is 5.75 Å². The highest BCUT2D eigenvalue weighted by Gasteiger charge is 2.38. The van der Waals surface area contributed by atoms with E-state index in [1.165, 1.54) is 4.90 Å². The maximum Gasteiger partial charge on any atom is 0.326 e. The lowest BCUT2D eigenvalue weighted by atomic mass is 9.94. The van der Waals surface area contributed by atoms with Gasteiger partial charge in [0.15, 0.2) is 0 Å². The number of carboxylic acid groups (broad SMARTS) is 1. The van der Waals surface area contributed by atoms with Gasteiger partial charge in [0.1, 0.15) is 11.8 Å². The topological polar surface area (TPSA) is 87.2 Å². The van der Waals surface area contributed by atoms with E-state index in [0.717, 1.165) is 12.2 Å². The molecule has 7 nitrogen and oxygen atoms in total. The number of amides is 2. The number of carbonyl (C=O) groups is 3. The molecule has 2 heterocycles. The first kappa shape index (κ1) is 19.2. The summed E-state index contributed by atoms with van der Waals surface area (Å²) in [5.74, 6) is -0.407. The normalized spacial score (nSPS) is 20.5. The van der Waals surface area contributed by atoms with Gasteiger partial charge in [-0.1, -0.05) is 18.2 Å². The third-order valence-electron chi connectivity index (χ3n) is 5.35. The number of para-hydroxylation sites is 1. The zero-order valence-corrected chi connectivity index (χ0v) is 15.4. The Bertz CT molecular complexity index is 670. The van der Waals surface area contributed by atoms with Crippen LogP contribution in [0.3, 0.4) is 0 Å². The second-order valence-electron chi connectivity index (χ2n) is 7.09. The molecular weight excluding hydrogens is 348 g/mol. The summed E-state index contributed by atoms with van der Waals surface area (Å²) in [7, 11) is 0. The Labute approximate surface area is 158 Å². The van der Waals surface area contributed by atoms with Crippen molar-refractivity contribution < 1.29 is 24.2 Å². The zero-order valence-electron chi connectivity index (χ0n) is 15.4. The van der Waals surface area contributed by atoms with Gasteiger partial charge >= 0.3 is 5.97 Å². The van der Waals surface area contributed by atoms with Crippen LogP contribution in [0.2, 0.25) is 0 Å². The first-order valence-electron chi connectivity index (χ1n) is 9.55. The monoisotopic (exact) mass is 374 g/mol. The lowest BCUT2D eigenvalue weighted by molar-refractivity contribution is -0.151.